The molecule has 2 aromatic heterocycles. The highest BCUT2D eigenvalue weighted by molar-refractivity contribution is 7.98. The summed E-state index contributed by atoms with van der Waals surface area (Å²) in [5.74, 6) is 0.733. The average molecular weight is 462 g/mol. The van der Waals surface area contributed by atoms with Crippen LogP contribution in [0.2, 0.25) is 0 Å². The molecule has 0 spiro atoms. The Labute approximate surface area is 184 Å². The van der Waals surface area contributed by atoms with Crippen molar-refractivity contribution in [1.29, 1.82) is 0 Å². The Hall–Kier alpha value is -3.34. The fourth-order valence-corrected chi connectivity index (χ4v) is 3.52. The number of benzene rings is 2. The average Bonchev–Trinajstić information content (AvgIpc) is 3.36. The summed E-state index contributed by atoms with van der Waals surface area (Å²) in [6.07, 6.45) is -4.18. The van der Waals surface area contributed by atoms with Gasteiger partial charge >= 0.3 is 6.18 Å². The van der Waals surface area contributed by atoms with Crippen LogP contribution >= 0.6 is 11.8 Å². The van der Waals surface area contributed by atoms with Crippen molar-refractivity contribution < 1.29 is 26.9 Å². The van der Waals surface area contributed by atoms with Crippen LogP contribution < -0.4 is 5.32 Å². The third-order valence-corrected chi connectivity index (χ3v) is 5.24. The van der Waals surface area contributed by atoms with Gasteiger partial charge in [-0.15, -0.1) is 0 Å². The van der Waals surface area contributed by atoms with E-state index in [1.807, 2.05) is 25.1 Å². The number of alkyl halides is 3. The summed E-state index contributed by atoms with van der Waals surface area (Å²) in [5.41, 5.74) is 2.07. The molecule has 0 aliphatic rings. The summed E-state index contributed by atoms with van der Waals surface area (Å²) in [4.78, 5) is 20.7. The number of aromatic nitrogens is 3. The number of oxazole rings is 1. The third-order valence-electron chi connectivity index (χ3n) is 4.42. The Balaban J connectivity index is 1.26. The van der Waals surface area contributed by atoms with E-state index in [9.17, 15) is 18.0 Å². The van der Waals surface area contributed by atoms with Crippen molar-refractivity contribution in [3.05, 3.63) is 65.3 Å². The monoisotopic (exact) mass is 462 g/mol. The van der Waals surface area contributed by atoms with E-state index in [-0.39, 0.29) is 30.3 Å². The van der Waals surface area contributed by atoms with E-state index < -0.39 is 11.7 Å². The van der Waals surface area contributed by atoms with Crippen molar-refractivity contribution in [2.24, 2.45) is 0 Å². The topological polar surface area (TPSA) is 94.0 Å². The van der Waals surface area contributed by atoms with Crippen LogP contribution in [0.3, 0.4) is 0 Å². The van der Waals surface area contributed by atoms with Gasteiger partial charge in [-0.05, 0) is 48.9 Å². The molecule has 2 aromatic carbocycles. The van der Waals surface area contributed by atoms with E-state index >= 15 is 0 Å². The zero-order valence-corrected chi connectivity index (χ0v) is 17.6. The summed E-state index contributed by atoms with van der Waals surface area (Å²) in [6, 6.07) is 9.98. The number of fused-ring (bicyclic) bond motifs is 1. The smallest absolute Gasteiger partial charge is 0.416 e. The molecule has 0 fully saturated rings. The van der Waals surface area contributed by atoms with Crippen LogP contribution in [0.25, 0.3) is 11.1 Å². The number of nitrogens with zero attached hydrogens (tertiary/aromatic N) is 3. The van der Waals surface area contributed by atoms with Gasteiger partial charge in [0.1, 0.15) is 5.52 Å². The van der Waals surface area contributed by atoms with E-state index in [1.54, 1.807) is 0 Å². The number of anilines is 1. The van der Waals surface area contributed by atoms with Crippen molar-refractivity contribution in [1.82, 2.24) is 15.1 Å². The van der Waals surface area contributed by atoms with Crippen LogP contribution in [0.15, 0.2) is 56.6 Å². The van der Waals surface area contributed by atoms with E-state index in [0.29, 0.717) is 22.4 Å². The first-order valence-electron chi connectivity index (χ1n) is 9.55. The largest absolute Gasteiger partial charge is 0.431 e. The van der Waals surface area contributed by atoms with E-state index in [1.165, 1.54) is 23.9 Å². The van der Waals surface area contributed by atoms with E-state index in [2.05, 4.69) is 20.4 Å². The lowest BCUT2D eigenvalue weighted by molar-refractivity contribution is -0.137. The van der Waals surface area contributed by atoms with Gasteiger partial charge in [0.15, 0.2) is 11.4 Å². The Bertz CT molecular complexity index is 1240. The molecule has 4 rings (SSSR count). The van der Waals surface area contributed by atoms with Crippen molar-refractivity contribution >= 4 is 34.5 Å². The lowest BCUT2D eigenvalue weighted by Gasteiger charge is -2.08. The van der Waals surface area contributed by atoms with Crippen LogP contribution in [0.5, 0.6) is 0 Å². The number of halogens is 3. The number of amides is 1. The minimum atomic E-state index is -4.42. The highest BCUT2D eigenvalue weighted by Gasteiger charge is 2.30. The van der Waals surface area contributed by atoms with Gasteiger partial charge < -0.3 is 14.3 Å². The zero-order valence-electron chi connectivity index (χ0n) is 16.8. The van der Waals surface area contributed by atoms with Crippen molar-refractivity contribution in [2.75, 3.05) is 5.32 Å². The first-order chi connectivity index (χ1) is 15.3. The number of carbonyl (C=O) groups is 1. The first kappa shape index (κ1) is 21.9. The molecule has 32 heavy (non-hydrogen) atoms. The molecule has 2 heterocycles. The molecule has 1 amide bonds. The van der Waals surface area contributed by atoms with Gasteiger partial charge in [0.2, 0.25) is 11.8 Å². The summed E-state index contributed by atoms with van der Waals surface area (Å²) in [6.45, 7) is 1.98. The molecule has 7 nitrogen and oxygen atoms in total. The second-order valence-electron chi connectivity index (χ2n) is 6.97. The molecule has 0 atom stereocenters. The summed E-state index contributed by atoms with van der Waals surface area (Å²) >= 11 is 1.33. The van der Waals surface area contributed by atoms with Crippen LogP contribution in [0, 0.1) is 6.92 Å². The predicted octanol–water partition coefficient (Wildman–Crippen LogP) is 5.40. The molecule has 0 bridgehead atoms. The third kappa shape index (κ3) is 5.47. The normalized spacial score (nSPS) is 11.8. The molecule has 0 aliphatic heterocycles. The number of rotatable bonds is 7. The lowest BCUT2D eigenvalue weighted by Crippen LogP contribution is -2.13. The number of hydrogen-bond donors (Lipinski definition) is 1. The van der Waals surface area contributed by atoms with Crippen LogP contribution in [-0.4, -0.2) is 21.0 Å². The van der Waals surface area contributed by atoms with Crippen molar-refractivity contribution in [2.45, 2.75) is 36.9 Å². The van der Waals surface area contributed by atoms with Gasteiger partial charge in [-0.1, -0.05) is 23.0 Å². The zero-order chi connectivity index (χ0) is 22.7. The second-order valence-corrected chi connectivity index (χ2v) is 7.89. The maximum absolute atomic E-state index is 12.6. The second kappa shape index (κ2) is 9.03. The quantitative estimate of drug-likeness (QED) is 0.368. The molecule has 0 radical (unpaired) electrons. The molecule has 0 aliphatic carbocycles. The van der Waals surface area contributed by atoms with Gasteiger partial charge in [0.05, 0.1) is 11.3 Å². The molecule has 11 heteroatoms. The molecule has 0 saturated heterocycles. The number of thioether (sulfide) groups is 1. The number of nitrogens with one attached hydrogen (secondary N) is 1. The number of hydrogen-bond acceptors (Lipinski definition) is 7. The number of aryl methyl sites for hydroxylation is 2. The molecular weight excluding hydrogens is 445 g/mol. The van der Waals surface area contributed by atoms with Gasteiger partial charge in [-0.3, -0.25) is 4.79 Å². The fraction of sp³-hybridized carbons (Fsp3) is 0.238. The van der Waals surface area contributed by atoms with E-state index in [0.717, 1.165) is 23.2 Å². The molecular formula is C21H17F3N4O3S. The maximum atomic E-state index is 12.6. The highest BCUT2D eigenvalue weighted by atomic mass is 32.2. The van der Waals surface area contributed by atoms with Gasteiger partial charge in [0.25, 0.3) is 5.22 Å². The molecule has 0 saturated carbocycles. The van der Waals surface area contributed by atoms with Crippen molar-refractivity contribution in [3.63, 3.8) is 0 Å². The molecule has 4 aromatic rings. The molecule has 0 unspecified atom stereocenters. The Morgan fingerprint density at radius 3 is 2.66 bits per heavy atom. The van der Waals surface area contributed by atoms with E-state index in [4.69, 9.17) is 8.94 Å². The minimum Gasteiger partial charge on any atom is -0.431 e. The van der Waals surface area contributed by atoms with Crippen LogP contribution in [0.4, 0.5) is 18.9 Å². The van der Waals surface area contributed by atoms with Crippen LogP contribution in [0.1, 0.15) is 29.3 Å². The fourth-order valence-electron chi connectivity index (χ4n) is 2.84. The summed E-state index contributed by atoms with van der Waals surface area (Å²) in [7, 11) is 0. The SMILES string of the molecule is Cc1ccc2oc(SCc3noc(CCC(=O)Nc4ccc(C(F)(F)F)cc4)n3)nc2c1. The first-order valence-corrected chi connectivity index (χ1v) is 10.5. The lowest BCUT2D eigenvalue weighted by atomic mass is 10.2. The molecule has 166 valence electrons. The Morgan fingerprint density at radius 2 is 1.91 bits per heavy atom. The minimum absolute atomic E-state index is 0.0419. The highest BCUT2D eigenvalue weighted by Crippen LogP contribution is 2.30. The van der Waals surface area contributed by atoms with Crippen LogP contribution in [-0.2, 0) is 23.1 Å². The summed E-state index contributed by atoms with van der Waals surface area (Å²) < 4.78 is 48.6. The molecule has 1 N–H and O–H groups in total. The van der Waals surface area contributed by atoms with Gasteiger partial charge in [0, 0.05) is 18.5 Å². The summed E-state index contributed by atoms with van der Waals surface area (Å²) in [5, 5.41) is 6.91. The number of carbonyl (C=O) groups excluding carboxylic acids is 1. The van der Waals surface area contributed by atoms with Gasteiger partial charge in [-0.2, -0.15) is 18.2 Å². The standard InChI is InChI=1S/C21H17F3N4O3S/c1-12-2-7-16-15(10-12)26-20(30-16)32-11-17-27-19(31-28-17)9-8-18(29)25-14-5-3-13(4-6-14)21(22,23)24/h2-7,10H,8-9,11H2,1H3,(H,25,29). The Morgan fingerprint density at radius 1 is 1.12 bits per heavy atom. The maximum Gasteiger partial charge on any atom is 0.416 e. The van der Waals surface area contributed by atoms with Gasteiger partial charge in [-0.25, -0.2) is 4.98 Å². The van der Waals surface area contributed by atoms with Crippen molar-refractivity contribution in [3.8, 4) is 0 Å². The Kier molecular flexibility index (Phi) is 6.17. The predicted molar refractivity (Wildman–Crippen MR) is 111 cm³/mol.